The molecule has 82 valence electrons. The molecular weight excluding hydrogens is 200 g/mol. The van der Waals surface area contributed by atoms with E-state index in [0.29, 0.717) is 12.1 Å². The number of hydrogen-bond donors (Lipinski definition) is 4. The lowest BCUT2D eigenvalue weighted by atomic mass is 10.2. The fourth-order valence-corrected chi connectivity index (χ4v) is 0.983. The maximum absolute atomic E-state index is 11.3. The van der Waals surface area contributed by atoms with E-state index in [-0.39, 0.29) is 0 Å². The van der Waals surface area contributed by atoms with Crippen molar-refractivity contribution < 1.29 is 14.7 Å². The fourth-order valence-electron chi connectivity index (χ4n) is 0.983. The van der Waals surface area contributed by atoms with E-state index in [0.717, 1.165) is 0 Å². The Bertz CT molecular complexity index is 336. The number of aromatic amines is 1. The molecule has 0 radical (unpaired) electrons. The summed E-state index contributed by atoms with van der Waals surface area (Å²) < 4.78 is 0. The number of carbonyl (C=O) groups excluding carboxylic acids is 1. The SMILES string of the molecule is CCC(NC(=O)Nc1cn[nH]c1)C(=O)O. The van der Waals surface area contributed by atoms with E-state index in [9.17, 15) is 9.59 Å². The molecular formula is C8H12N4O3. The number of carboxylic acid groups (broad SMARTS) is 1. The summed E-state index contributed by atoms with van der Waals surface area (Å²) in [4.78, 5) is 21.9. The molecule has 0 fully saturated rings. The van der Waals surface area contributed by atoms with Crippen LogP contribution in [0.4, 0.5) is 10.5 Å². The quantitative estimate of drug-likeness (QED) is 0.579. The fraction of sp³-hybridized carbons (Fsp3) is 0.375. The topological polar surface area (TPSA) is 107 Å². The van der Waals surface area contributed by atoms with Gasteiger partial charge in [0.25, 0.3) is 0 Å². The number of rotatable bonds is 4. The van der Waals surface area contributed by atoms with Crippen LogP contribution in [0.5, 0.6) is 0 Å². The number of carboxylic acids is 1. The third-order valence-corrected chi connectivity index (χ3v) is 1.77. The van der Waals surface area contributed by atoms with Gasteiger partial charge in [0.2, 0.25) is 0 Å². The Hall–Kier alpha value is -2.05. The summed E-state index contributed by atoms with van der Waals surface area (Å²) in [7, 11) is 0. The first kappa shape index (κ1) is 11.0. The van der Waals surface area contributed by atoms with Crippen LogP contribution in [0.3, 0.4) is 0 Å². The molecule has 0 aliphatic heterocycles. The Kier molecular flexibility index (Phi) is 3.67. The van der Waals surface area contributed by atoms with Gasteiger partial charge < -0.3 is 15.7 Å². The normalized spacial score (nSPS) is 11.8. The Morgan fingerprint density at radius 3 is 2.87 bits per heavy atom. The number of urea groups is 1. The molecule has 0 bridgehead atoms. The van der Waals surface area contributed by atoms with E-state index in [1.54, 1.807) is 6.92 Å². The van der Waals surface area contributed by atoms with Gasteiger partial charge in [-0.25, -0.2) is 9.59 Å². The van der Waals surface area contributed by atoms with Crippen LogP contribution in [0, 0.1) is 0 Å². The van der Waals surface area contributed by atoms with Crippen molar-refractivity contribution >= 4 is 17.7 Å². The lowest BCUT2D eigenvalue weighted by Gasteiger charge is -2.11. The maximum Gasteiger partial charge on any atom is 0.326 e. The van der Waals surface area contributed by atoms with Crippen molar-refractivity contribution in [1.29, 1.82) is 0 Å². The molecule has 0 aromatic carbocycles. The van der Waals surface area contributed by atoms with Crippen molar-refractivity contribution in [3.8, 4) is 0 Å². The lowest BCUT2D eigenvalue weighted by molar-refractivity contribution is -0.139. The summed E-state index contributed by atoms with van der Waals surface area (Å²) in [5, 5.41) is 19.6. The van der Waals surface area contributed by atoms with Gasteiger partial charge in [-0.05, 0) is 6.42 Å². The zero-order chi connectivity index (χ0) is 11.3. The average molecular weight is 212 g/mol. The zero-order valence-corrected chi connectivity index (χ0v) is 8.15. The van der Waals surface area contributed by atoms with Gasteiger partial charge in [0.1, 0.15) is 6.04 Å². The van der Waals surface area contributed by atoms with Crippen LogP contribution in [0.1, 0.15) is 13.3 Å². The molecule has 1 unspecified atom stereocenters. The van der Waals surface area contributed by atoms with Gasteiger partial charge in [-0.3, -0.25) is 5.10 Å². The third kappa shape index (κ3) is 3.29. The first-order chi connectivity index (χ1) is 7.13. The van der Waals surface area contributed by atoms with Crippen molar-refractivity contribution in [3.05, 3.63) is 12.4 Å². The molecule has 0 aliphatic carbocycles. The van der Waals surface area contributed by atoms with Crippen molar-refractivity contribution in [3.63, 3.8) is 0 Å². The number of amides is 2. The van der Waals surface area contributed by atoms with E-state index in [1.165, 1.54) is 12.4 Å². The third-order valence-electron chi connectivity index (χ3n) is 1.77. The minimum Gasteiger partial charge on any atom is -0.480 e. The Balaban J connectivity index is 2.45. The molecule has 0 saturated heterocycles. The molecule has 1 atom stereocenters. The van der Waals surface area contributed by atoms with Crippen LogP contribution in [-0.4, -0.2) is 33.3 Å². The molecule has 7 heteroatoms. The van der Waals surface area contributed by atoms with Crippen LogP contribution < -0.4 is 10.6 Å². The van der Waals surface area contributed by atoms with Crippen LogP contribution in [0.25, 0.3) is 0 Å². The zero-order valence-electron chi connectivity index (χ0n) is 8.15. The number of hydrogen-bond acceptors (Lipinski definition) is 3. The van der Waals surface area contributed by atoms with Crippen molar-refractivity contribution in [2.75, 3.05) is 5.32 Å². The van der Waals surface area contributed by atoms with Crippen molar-refractivity contribution in [1.82, 2.24) is 15.5 Å². The molecule has 7 nitrogen and oxygen atoms in total. The first-order valence-electron chi connectivity index (χ1n) is 4.42. The summed E-state index contributed by atoms with van der Waals surface area (Å²) in [5.74, 6) is -1.06. The van der Waals surface area contributed by atoms with E-state index in [2.05, 4.69) is 20.8 Å². The van der Waals surface area contributed by atoms with Gasteiger partial charge in [0, 0.05) is 6.20 Å². The highest BCUT2D eigenvalue weighted by Gasteiger charge is 2.17. The highest BCUT2D eigenvalue weighted by Crippen LogP contribution is 2.00. The van der Waals surface area contributed by atoms with Crippen LogP contribution >= 0.6 is 0 Å². The minimum atomic E-state index is -1.06. The molecule has 1 aromatic rings. The van der Waals surface area contributed by atoms with E-state index in [1.807, 2.05) is 0 Å². The second-order valence-electron chi connectivity index (χ2n) is 2.88. The molecule has 1 aromatic heterocycles. The Morgan fingerprint density at radius 2 is 2.40 bits per heavy atom. The van der Waals surface area contributed by atoms with Crippen LogP contribution in [-0.2, 0) is 4.79 Å². The lowest BCUT2D eigenvalue weighted by Crippen LogP contribution is -2.42. The second kappa shape index (κ2) is 4.99. The molecule has 1 rings (SSSR count). The van der Waals surface area contributed by atoms with Crippen molar-refractivity contribution in [2.24, 2.45) is 0 Å². The van der Waals surface area contributed by atoms with Gasteiger partial charge >= 0.3 is 12.0 Å². The van der Waals surface area contributed by atoms with E-state index >= 15 is 0 Å². The predicted octanol–water partition coefficient (Wildman–Crippen LogP) is 0.394. The maximum atomic E-state index is 11.3. The van der Waals surface area contributed by atoms with Crippen molar-refractivity contribution in [2.45, 2.75) is 19.4 Å². The predicted molar refractivity (Wildman–Crippen MR) is 52.5 cm³/mol. The van der Waals surface area contributed by atoms with E-state index in [4.69, 9.17) is 5.11 Å². The van der Waals surface area contributed by atoms with Crippen LogP contribution in [0.15, 0.2) is 12.4 Å². The monoisotopic (exact) mass is 212 g/mol. The molecule has 1 heterocycles. The summed E-state index contributed by atoms with van der Waals surface area (Å²) in [6, 6.07) is -1.44. The van der Waals surface area contributed by atoms with Gasteiger partial charge in [-0.1, -0.05) is 6.92 Å². The summed E-state index contributed by atoms with van der Waals surface area (Å²) in [6.07, 6.45) is 3.23. The molecule has 0 aliphatic rings. The van der Waals surface area contributed by atoms with Gasteiger partial charge in [0.05, 0.1) is 11.9 Å². The van der Waals surface area contributed by atoms with Gasteiger partial charge in [-0.15, -0.1) is 0 Å². The highest BCUT2D eigenvalue weighted by molar-refractivity contribution is 5.91. The van der Waals surface area contributed by atoms with Gasteiger partial charge in [-0.2, -0.15) is 5.10 Å². The smallest absolute Gasteiger partial charge is 0.326 e. The number of nitrogens with one attached hydrogen (secondary N) is 3. The molecule has 0 saturated carbocycles. The number of aromatic nitrogens is 2. The highest BCUT2D eigenvalue weighted by atomic mass is 16.4. The standard InChI is InChI=1S/C8H12N4O3/c1-2-6(7(13)14)12-8(15)11-5-3-9-10-4-5/h3-4,6H,2H2,1H3,(H,9,10)(H,13,14)(H2,11,12,15). The number of carbonyl (C=O) groups is 2. The minimum absolute atomic E-state index is 0.328. The summed E-state index contributed by atoms with van der Waals surface area (Å²) in [5.41, 5.74) is 0.479. The molecule has 0 spiro atoms. The Labute approximate surface area is 85.9 Å². The molecule has 15 heavy (non-hydrogen) atoms. The van der Waals surface area contributed by atoms with Crippen LogP contribution in [0.2, 0.25) is 0 Å². The summed E-state index contributed by atoms with van der Waals surface area (Å²) in [6.45, 7) is 1.68. The number of H-pyrrole nitrogens is 1. The molecule has 2 amide bonds. The van der Waals surface area contributed by atoms with E-state index < -0.39 is 18.0 Å². The second-order valence-corrected chi connectivity index (χ2v) is 2.88. The number of anilines is 1. The number of aliphatic carboxylic acids is 1. The Morgan fingerprint density at radius 1 is 1.67 bits per heavy atom. The first-order valence-corrected chi connectivity index (χ1v) is 4.42. The number of nitrogens with zero attached hydrogens (tertiary/aromatic N) is 1. The molecule has 4 N–H and O–H groups in total. The average Bonchev–Trinajstić information content (AvgIpc) is 2.66. The largest absolute Gasteiger partial charge is 0.480 e. The van der Waals surface area contributed by atoms with Gasteiger partial charge in [0.15, 0.2) is 0 Å². The summed E-state index contributed by atoms with van der Waals surface area (Å²) >= 11 is 0.